The quantitative estimate of drug-likeness (QED) is 0.561. The molecular weight excluding hydrogens is 144 g/mol. The van der Waals surface area contributed by atoms with Crippen LogP contribution >= 0.6 is 0 Å². The Bertz CT molecular complexity index is 178. The van der Waals surface area contributed by atoms with Crippen molar-refractivity contribution < 1.29 is 14.3 Å². The number of hydrogen-bond acceptors (Lipinski definition) is 3. The molecule has 3 heteroatoms. The number of carbonyl (C=O) groups is 1. The molecule has 0 radical (unpaired) electrons. The van der Waals surface area contributed by atoms with Crippen LogP contribution in [0, 0.1) is 5.92 Å². The maximum absolute atomic E-state index is 11.2. The monoisotopic (exact) mass is 156 g/mol. The maximum Gasteiger partial charge on any atom is 0.158 e. The van der Waals surface area contributed by atoms with Gasteiger partial charge in [0, 0.05) is 25.9 Å². The SMILES string of the molecule is CO[C@H]1C[C@@H]2C(=O)CC[C@@H]2O1. The minimum Gasteiger partial charge on any atom is -0.356 e. The third-order valence-corrected chi connectivity index (χ3v) is 2.57. The first-order valence-corrected chi connectivity index (χ1v) is 4.02. The number of fused-ring (bicyclic) bond motifs is 1. The first kappa shape index (κ1) is 7.25. The minimum atomic E-state index is -0.130. The summed E-state index contributed by atoms with van der Waals surface area (Å²) in [5.74, 6) is 0.495. The lowest BCUT2D eigenvalue weighted by Gasteiger charge is -2.08. The van der Waals surface area contributed by atoms with Gasteiger partial charge in [-0.3, -0.25) is 4.79 Å². The third kappa shape index (κ3) is 1.08. The molecule has 1 saturated carbocycles. The molecule has 0 aromatic carbocycles. The summed E-state index contributed by atoms with van der Waals surface area (Å²) >= 11 is 0. The van der Waals surface area contributed by atoms with Crippen molar-refractivity contribution in [1.82, 2.24) is 0 Å². The first-order chi connectivity index (χ1) is 5.31. The predicted molar refractivity (Wildman–Crippen MR) is 38.0 cm³/mol. The Balaban J connectivity index is 2.04. The van der Waals surface area contributed by atoms with Crippen molar-refractivity contribution in [3.8, 4) is 0 Å². The maximum atomic E-state index is 11.2. The zero-order chi connectivity index (χ0) is 7.84. The van der Waals surface area contributed by atoms with E-state index in [9.17, 15) is 4.79 Å². The van der Waals surface area contributed by atoms with Gasteiger partial charge in [0.15, 0.2) is 6.29 Å². The Morgan fingerprint density at radius 2 is 2.45 bits per heavy atom. The van der Waals surface area contributed by atoms with E-state index < -0.39 is 0 Å². The van der Waals surface area contributed by atoms with Gasteiger partial charge in [-0.05, 0) is 6.42 Å². The molecule has 0 unspecified atom stereocenters. The second-order valence-electron chi connectivity index (χ2n) is 3.19. The van der Waals surface area contributed by atoms with Gasteiger partial charge >= 0.3 is 0 Å². The first-order valence-electron chi connectivity index (χ1n) is 4.02. The van der Waals surface area contributed by atoms with Gasteiger partial charge in [-0.25, -0.2) is 0 Å². The van der Waals surface area contributed by atoms with Crippen LogP contribution in [-0.4, -0.2) is 25.3 Å². The molecule has 0 aromatic heterocycles. The lowest BCUT2D eigenvalue weighted by atomic mass is 10.0. The molecule has 3 nitrogen and oxygen atoms in total. The number of carbonyl (C=O) groups excluding carboxylic acids is 1. The van der Waals surface area contributed by atoms with Crippen LogP contribution in [0.15, 0.2) is 0 Å². The van der Waals surface area contributed by atoms with Gasteiger partial charge in [0.1, 0.15) is 5.78 Å². The smallest absolute Gasteiger partial charge is 0.158 e. The second kappa shape index (κ2) is 2.57. The molecule has 1 aliphatic heterocycles. The fourth-order valence-corrected chi connectivity index (χ4v) is 1.93. The largest absolute Gasteiger partial charge is 0.356 e. The van der Waals surface area contributed by atoms with Gasteiger partial charge in [-0.15, -0.1) is 0 Å². The molecule has 62 valence electrons. The van der Waals surface area contributed by atoms with Crippen molar-refractivity contribution in [1.29, 1.82) is 0 Å². The summed E-state index contributed by atoms with van der Waals surface area (Å²) in [7, 11) is 1.62. The highest BCUT2D eigenvalue weighted by molar-refractivity contribution is 5.84. The molecule has 0 bridgehead atoms. The molecular formula is C8H12O3. The average Bonchev–Trinajstić information content (AvgIpc) is 2.53. The van der Waals surface area contributed by atoms with Crippen molar-refractivity contribution in [2.24, 2.45) is 5.92 Å². The average molecular weight is 156 g/mol. The lowest BCUT2D eigenvalue weighted by molar-refractivity contribution is -0.120. The molecule has 0 amide bonds. The summed E-state index contributed by atoms with van der Waals surface area (Å²) < 4.78 is 10.5. The lowest BCUT2D eigenvalue weighted by Crippen LogP contribution is -2.12. The number of ketones is 1. The van der Waals surface area contributed by atoms with E-state index >= 15 is 0 Å². The van der Waals surface area contributed by atoms with E-state index in [0.717, 1.165) is 12.8 Å². The van der Waals surface area contributed by atoms with Gasteiger partial charge in [0.05, 0.1) is 6.10 Å². The van der Waals surface area contributed by atoms with Crippen LogP contribution in [0.5, 0.6) is 0 Å². The zero-order valence-electron chi connectivity index (χ0n) is 6.58. The Morgan fingerprint density at radius 3 is 3.09 bits per heavy atom. The second-order valence-corrected chi connectivity index (χ2v) is 3.19. The van der Waals surface area contributed by atoms with E-state index in [1.807, 2.05) is 0 Å². The van der Waals surface area contributed by atoms with Crippen LogP contribution in [-0.2, 0) is 14.3 Å². The Hall–Kier alpha value is -0.410. The fourth-order valence-electron chi connectivity index (χ4n) is 1.93. The van der Waals surface area contributed by atoms with E-state index in [0.29, 0.717) is 12.2 Å². The number of rotatable bonds is 1. The fraction of sp³-hybridized carbons (Fsp3) is 0.875. The summed E-state index contributed by atoms with van der Waals surface area (Å²) in [5.41, 5.74) is 0. The van der Waals surface area contributed by atoms with Gasteiger partial charge < -0.3 is 9.47 Å². The van der Waals surface area contributed by atoms with Crippen molar-refractivity contribution in [2.45, 2.75) is 31.7 Å². The van der Waals surface area contributed by atoms with E-state index in [2.05, 4.69) is 0 Å². The molecule has 11 heavy (non-hydrogen) atoms. The molecule has 2 fully saturated rings. The number of hydrogen-bond donors (Lipinski definition) is 0. The van der Waals surface area contributed by atoms with Crippen LogP contribution in [0.3, 0.4) is 0 Å². The summed E-state index contributed by atoms with van der Waals surface area (Å²) in [5, 5.41) is 0. The molecule has 1 heterocycles. The molecule has 1 aliphatic carbocycles. The number of methoxy groups -OCH3 is 1. The molecule has 2 aliphatic rings. The number of Topliss-reactive ketones (excluding diaryl/α,β-unsaturated/α-hetero) is 1. The van der Waals surface area contributed by atoms with Crippen LogP contribution < -0.4 is 0 Å². The molecule has 0 spiro atoms. The van der Waals surface area contributed by atoms with Crippen molar-refractivity contribution in [2.75, 3.05) is 7.11 Å². The normalized spacial score (nSPS) is 43.0. The van der Waals surface area contributed by atoms with Gasteiger partial charge in [0.25, 0.3) is 0 Å². The summed E-state index contributed by atoms with van der Waals surface area (Å²) in [6.45, 7) is 0. The van der Waals surface area contributed by atoms with Gasteiger partial charge in [-0.2, -0.15) is 0 Å². The van der Waals surface area contributed by atoms with Crippen LogP contribution in [0.4, 0.5) is 0 Å². The Labute approximate surface area is 65.7 Å². The Morgan fingerprint density at radius 1 is 1.64 bits per heavy atom. The van der Waals surface area contributed by atoms with E-state index in [-0.39, 0.29) is 18.3 Å². The topological polar surface area (TPSA) is 35.5 Å². The molecule has 3 atom stereocenters. The highest BCUT2D eigenvalue weighted by atomic mass is 16.7. The van der Waals surface area contributed by atoms with Gasteiger partial charge in [0.2, 0.25) is 0 Å². The molecule has 0 aromatic rings. The van der Waals surface area contributed by atoms with Crippen LogP contribution in [0.25, 0.3) is 0 Å². The highest BCUT2D eigenvalue weighted by Crippen LogP contribution is 2.36. The molecule has 1 saturated heterocycles. The van der Waals surface area contributed by atoms with Crippen LogP contribution in [0.1, 0.15) is 19.3 Å². The van der Waals surface area contributed by atoms with Gasteiger partial charge in [-0.1, -0.05) is 0 Å². The minimum absolute atomic E-state index is 0.130. The summed E-state index contributed by atoms with van der Waals surface area (Å²) in [4.78, 5) is 11.2. The summed E-state index contributed by atoms with van der Waals surface area (Å²) in [6.07, 6.45) is 2.39. The van der Waals surface area contributed by atoms with E-state index in [1.54, 1.807) is 7.11 Å². The van der Waals surface area contributed by atoms with E-state index in [1.165, 1.54) is 0 Å². The van der Waals surface area contributed by atoms with E-state index in [4.69, 9.17) is 9.47 Å². The third-order valence-electron chi connectivity index (χ3n) is 2.57. The highest BCUT2D eigenvalue weighted by Gasteiger charge is 2.43. The van der Waals surface area contributed by atoms with Crippen molar-refractivity contribution in [3.63, 3.8) is 0 Å². The Kier molecular flexibility index (Phi) is 1.69. The van der Waals surface area contributed by atoms with Crippen molar-refractivity contribution >= 4 is 5.78 Å². The van der Waals surface area contributed by atoms with Crippen LogP contribution in [0.2, 0.25) is 0 Å². The summed E-state index contributed by atoms with van der Waals surface area (Å²) in [6, 6.07) is 0. The standard InChI is InChI=1S/C8H12O3/c1-10-8-4-5-6(9)2-3-7(5)11-8/h5,7-8H,2-4H2,1H3/t5-,7+,8-/m1/s1. The zero-order valence-corrected chi connectivity index (χ0v) is 6.58. The van der Waals surface area contributed by atoms with Crippen molar-refractivity contribution in [3.05, 3.63) is 0 Å². The molecule has 0 N–H and O–H groups in total. The predicted octanol–water partition coefficient (Wildman–Crippen LogP) is 0.727. The number of ether oxygens (including phenoxy) is 2. The molecule has 2 rings (SSSR count).